The van der Waals surface area contributed by atoms with Gasteiger partial charge in [0.2, 0.25) is 0 Å². The van der Waals surface area contributed by atoms with Gasteiger partial charge in [0, 0.05) is 43.0 Å². The van der Waals surface area contributed by atoms with Crippen molar-refractivity contribution in [2.24, 2.45) is 0 Å². The predicted molar refractivity (Wildman–Crippen MR) is 124 cm³/mol. The molecule has 7 nitrogen and oxygen atoms in total. The summed E-state index contributed by atoms with van der Waals surface area (Å²) in [6, 6.07) is 5.44. The first kappa shape index (κ1) is 24.6. The molecular weight excluding hydrogens is 442 g/mol. The highest BCUT2D eigenvalue weighted by Gasteiger charge is 2.45. The second kappa shape index (κ2) is 10.00. The summed E-state index contributed by atoms with van der Waals surface area (Å²) in [5.74, 6) is 1.44. The summed E-state index contributed by atoms with van der Waals surface area (Å²) in [7, 11) is 0. The van der Waals surface area contributed by atoms with Crippen LogP contribution in [-0.2, 0) is 4.74 Å². The monoisotopic (exact) mass is 476 g/mol. The Balaban J connectivity index is 1.45. The molecule has 3 heterocycles. The van der Waals surface area contributed by atoms with E-state index in [2.05, 4.69) is 9.97 Å². The topological polar surface area (TPSA) is 70.7 Å². The maximum Gasteiger partial charge on any atom is 0.255 e. The number of ether oxygens (including phenoxy) is 2. The van der Waals surface area contributed by atoms with Crippen LogP contribution in [0.25, 0.3) is 0 Å². The number of halogens is 2. The lowest BCUT2D eigenvalue weighted by molar-refractivity contribution is -0.160. The van der Waals surface area contributed by atoms with Crippen molar-refractivity contribution < 1.29 is 23.0 Å². The minimum absolute atomic E-state index is 0.0281. The van der Waals surface area contributed by atoms with E-state index in [9.17, 15) is 13.6 Å². The van der Waals surface area contributed by atoms with E-state index >= 15 is 0 Å². The first-order chi connectivity index (χ1) is 16.1. The van der Waals surface area contributed by atoms with Crippen LogP contribution in [0.1, 0.15) is 60.0 Å². The van der Waals surface area contributed by atoms with Crippen molar-refractivity contribution >= 4 is 5.91 Å². The molecule has 1 N–H and O–H groups in total. The molecule has 2 fully saturated rings. The SMILES string of the molecule is Cc1cnc(C2CN(CC(F)F)CC3(CCN(C(=O)c4ccc(OC(C)C)c(C)c4)CO3)C2)[nH]1. The Bertz CT molecular complexity index is 1000. The first-order valence-corrected chi connectivity index (χ1v) is 11.9. The number of likely N-dealkylation sites (tertiary alicyclic amines) is 1. The Kier molecular flexibility index (Phi) is 7.23. The third-order valence-corrected chi connectivity index (χ3v) is 6.55. The molecular formula is C25H34F2N4O3. The molecule has 1 aromatic carbocycles. The molecule has 0 aliphatic carbocycles. The summed E-state index contributed by atoms with van der Waals surface area (Å²) in [6.45, 7) is 9.06. The Morgan fingerprint density at radius 2 is 2.15 bits per heavy atom. The Hall–Kier alpha value is -2.52. The predicted octanol–water partition coefficient (Wildman–Crippen LogP) is 4.13. The largest absolute Gasteiger partial charge is 0.491 e. The number of hydrogen-bond acceptors (Lipinski definition) is 5. The molecule has 1 spiro atoms. The second-order valence-electron chi connectivity index (χ2n) is 9.86. The Morgan fingerprint density at radius 1 is 1.35 bits per heavy atom. The molecule has 0 bridgehead atoms. The average Bonchev–Trinajstić information content (AvgIpc) is 3.21. The molecule has 1 aromatic heterocycles. The van der Waals surface area contributed by atoms with Gasteiger partial charge in [-0.1, -0.05) is 0 Å². The van der Waals surface area contributed by atoms with Crippen molar-refractivity contribution in [3.63, 3.8) is 0 Å². The summed E-state index contributed by atoms with van der Waals surface area (Å²) < 4.78 is 38.5. The van der Waals surface area contributed by atoms with Crippen molar-refractivity contribution in [2.45, 2.75) is 64.6 Å². The first-order valence-electron chi connectivity index (χ1n) is 11.9. The zero-order valence-corrected chi connectivity index (χ0v) is 20.3. The second-order valence-corrected chi connectivity index (χ2v) is 9.86. The highest BCUT2D eigenvalue weighted by molar-refractivity contribution is 5.94. The number of nitrogens with one attached hydrogen (secondary N) is 1. The molecule has 34 heavy (non-hydrogen) atoms. The molecule has 2 aromatic rings. The van der Waals surface area contributed by atoms with Crippen LogP contribution in [-0.4, -0.2) is 76.7 Å². The molecule has 2 aliphatic rings. The number of aromatic nitrogens is 2. The van der Waals surface area contributed by atoms with Crippen LogP contribution in [0.3, 0.4) is 0 Å². The Labute approximate surface area is 199 Å². The molecule has 1 amide bonds. The molecule has 0 radical (unpaired) electrons. The van der Waals surface area contributed by atoms with E-state index < -0.39 is 12.0 Å². The number of imidazole rings is 1. The van der Waals surface area contributed by atoms with Crippen LogP contribution in [0.5, 0.6) is 5.75 Å². The summed E-state index contributed by atoms with van der Waals surface area (Å²) in [4.78, 5) is 24.3. The van der Waals surface area contributed by atoms with E-state index in [1.165, 1.54) is 0 Å². The van der Waals surface area contributed by atoms with Crippen LogP contribution >= 0.6 is 0 Å². The van der Waals surface area contributed by atoms with E-state index in [0.717, 1.165) is 22.8 Å². The smallest absolute Gasteiger partial charge is 0.255 e. The number of carbonyl (C=O) groups is 1. The minimum Gasteiger partial charge on any atom is -0.491 e. The van der Waals surface area contributed by atoms with E-state index in [1.54, 1.807) is 22.1 Å². The van der Waals surface area contributed by atoms with Gasteiger partial charge in [0.05, 0.1) is 18.2 Å². The van der Waals surface area contributed by atoms with Crippen molar-refractivity contribution in [2.75, 3.05) is 32.9 Å². The molecule has 9 heteroatoms. The lowest BCUT2D eigenvalue weighted by atomic mass is 9.81. The molecule has 186 valence electrons. The summed E-state index contributed by atoms with van der Waals surface area (Å²) in [5.41, 5.74) is 1.84. The summed E-state index contributed by atoms with van der Waals surface area (Å²) in [5, 5.41) is 0. The number of rotatable bonds is 6. The van der Waals surface area contributed by atoms with Gasteiger partial charge in [0.1, 0.15) is 18.3 Å². The van der Waals surface area contributed by atoms with Gasteiger partial charge < -0.3 is 19.4 Å². The van der Waals surface area contributed by atoms with Gasteiger partial charge in [-0.3, -0.25) is 9.69 Å². The fraction of sp³-hybridized carbons (Fsp3) is 0.600. The van der Waals surface area contributed by atoms with Gasteiger partial charge in [-0.25, -0.2) is 13.8 Å². The summed E-state index contributed by atoms with van der Waals surface area (Å²) >= 11 is 0. The number of amides is 1. The van der Waals surface area contributed by atoms with E-state index in [4.69, 9.17) is 9.47 Å². The molecule has 2 atom stereocenters. The van der Waals surface area contributed by atoms with Crippen LogP contribution in [0.2, 0.25) is 0 Å². The summed E-state index contributed by atoms with van der Waals surface area (Å²) in [6.07, 6.45) is 0.669. The van der Waals surface area contributed by atoms with Gasteiger partial charge in [0.15, 0.2) is 0 Å². The molecule has 0 saturated carbocycles. The van der Waals surface area contributed by atoms with Crippen molar-refractivity contribution in [1.29, 1.82) is 0 Å². The average molecular weight is 477 g/mol. The number of benzene rings is 1. The Morgan fingerprint density at radius 3 is 2.74 bits per heavy atom. The van der Waals surface area contributed by atoms with E-state index in [0.29, 0.717) is 38.0 Å². The maximum absolute atomic E-state index is 13.2. The number of nitrogens with zero attached hydrogens (tertiary/aromatic N) is 3. The number of H-pyrrole nitrogens is 1. The zero-order chi connectivity index (χ0) is 24.5. The zero-order valence-electron chi connectivity index (χ0n) is 20.3. The fourth-order valence-electron chi connectivity index (χ4n) is 5.01. The minimum atomic E-state index is -2.42. The number of alkyl halides is 2. The van der Waals surface area contributed by atoms with Gasteiger partial charge in [0.25, 0.3) is 12.3 Å². The fourth-order valence-corrected chi connectivity index (χ4v) is 5.01. The molecule has 4 rings (SSSR count). The van der Waals surface area contributed by atoms with Crippen LogP contribution in [0.4, 0.5) is 8.78 Å². The van der Waals surface area contributed by atoms with Crippen LogP contribution in [0.15, 0.2) is 24.4 Å². The van der Waals surface area contributed by atoms with Gasteiger partial charge in [-0.05, 0) is 64.3 Å². The number of aromatic amines is 1. The number of aryl methyl sites for hydroxylation is 2. The lowest BCUT2D eigenvalue weighted by Gasteiger charge is -2.49. The standard InChI is InChI=1S/C25H34F2N4O3/c1-16(2)34-21-6-5-19(9-17(21)3)24(32)31-8-7-25(33-15-31)10-20(23-28-11-18(4)29-23)12-30(14-25)13-22(26)27/h5-6,9,11,16,20,22H,7-8,10,12-15H2,1-4H3,(H,28,29). The lowest BCUT2D eigenvalue weighted by Crippen LogP contribution is -2.58. The van der Waals surface area contributed by atoms with Crippen molar-refractivity contribution in [1.82, 2.24) is 19.8 Å². The van der Waals surface area contributed by atoms with Crippen molar-refractivity contribution in [3.05, 3.63) is 47.0 Å². The van der Waals surface area contributed by atoms with Gasteiger partial charge in [-0.15, -0.1) is 0 Å². The van der Waals surface area contributed by atoms with E-state index in [-0.39, 0.29) is 31.2 Å². The molecule has 2 aliphatic heterocycles. The van der Waals surface area contributed by atoms with Crippen molar-refractivity contribution in [3.8, 4) is 5.75 Å². The highest BCUT2D eigenvalue weighted by atomic mass is 19.3. The third-order valence-electron chi connectivity index (χ3n) is 6.55. The van der Waals surface area contributed by atoms with Crippen LogP contribution < -0.4 is 4.74 Å². The maximum atomic E-state index is 13.2. The number of hydrogen-bond donors (Lipinski definition) is 1. The van der Waals surface area contributed by atoms with Gasteiger partial charge in [-0.2, -0.15) is 0 Å². The number of piperidine rings is 1. The van der Waals surface area contributed by atoms with Gasteiger partial charge >= 0.3 is 0 Å². The van der Waals surface area contributed by atoms with Crippen LogP contribution in [0, 0.1) is 13.8 Å². The molecule has 2 saturated heterocycles. The molecule has 2 unspecified atom stereocenters. The highest BCUT2D eigenvalue weighted by Crippen LogP contribution is 2.38. The quantitative estimate of drug-likeness (QED) is 0.679. The third kappa shape index (κ3) is 5.58. The normalized spacial score (nSPS) is 23.8. The number of carbonyl (C=O) groups excluding carboxylic acids is 1. The van der Waals surface area contributed by atoms with E-state index in [1.807, 2.05) is 39.8 Å².